The normalized spacial score (nSPS) is 12.0. The van der Waals surface area contributed by atoms with Gasteiger partial charge >= 0.3 is 5.97 Å². The summed E-state index contributed by atoms with van der Waals surface area (Å²) < 4.78 is 37.6. The van der Waals surface area contributed by atoms with E-state index < -0.39 is 32.9 Å². The summed E-state index contributed by atoms with van der Waals surface area (Å²) in [6, 6.07) is 9.44. The summed E-state index contributed by atoms with van der Waals surface area (Å²) in [5.41, 5.74) is 5.45. The van der Waals surface area contributed by atoms with Crippen LogP contribution in [0.5, 0.6) is 5.75 Å². The van der Waals surface area contributed by atoms with Crippen molar-refractivity contribution >= 4 is 27.6 Å². The molecule has 3 N–H and O–H groups in total. The molecular formula is C19H21N3O8S. The van der Waals surface area contributed by atoms with Crippen molar-refractivity contribution in [1.82, 2.24) is 4.72 Å². The van der Waals surface area contributed by atoms with Crippen molar-refractivity contribution in [2.24, 2.45) is 5.73 Å². The minimum Gasteiger partial charge on any atom is -0.497 e. The topological polar surface area (TPSA) is 168 Å². The van der Waals surface area contributed by atoms with Crippen LogP contribution in [-0.2, 0) is 31.0 Å². The second-order valence-electron chi connectivity index (χ2n) is 6.39. The Bertz CT molecular complexity index is 1040. The number of esters is 1. The molecule has 2 rings (SSSR count). The van der Waals surface area contributed by atoms with E-state index in [0.717, 1.165) is 0 Å². The van der Waals surface area contributed by atoms with Crippen molar-refractivity contribution in [2.75, 3.05) is 7.11 Å². The van der Waals surface area contributed by atoms with Gasteiger partial charge in [0.25, 0.3) is 5.69 Å². The number of hydrogen-bond acceptors (Lipinski definition) is 8. The first kappa shape index (κ1) is 23.8. The van der Waals surface area contributed by atoms with Gasteiger partial charge in [-0.1, -0.05) is 0 Å². The standard InChI is InChI=1S/C19H21N3O8S/c1-29-15-6-8-16(9-7-15)31(27,28)21-17(10-11-18(20)23)19(24)30-12-13-2-4-14(5-3-13)22(25)26/h2-9,17,21H,10-12H2,1H3,(H2,20,23). The maximum atomic E-state index is 12.6. The quantitative estimate of drug-likeness (QED) is 0.292. The molecule has 12 heteroatoms. The number of methoxy groups -OCH3 is 1. The van der Waals surface area contributed by atoms with Crippen LogP contribution in [0.4, 0.5) is 5.69 Å². The second-order valence-corrected chi connectivity index (χ2v) is 8.10. The van der Waals surface area contributed by atoms with Gasteiger partial charge in [0, 0.05) is 18.6 Å². The summed E-state index contributed by atoms with van der Waals surface area (Å²) in [5.74, 6) is -1.18. The SMILES string of the molecule is COc1ccc(S(=O)(=O)NC(CCC(N)=O)C(=O)OCc2ccc([N+](=O)[O-])cc2)cc1. The Balaban J connectivity index is 2.11. The zero-order valence-corrected chi connectivity index (χ0v) is 17.3. The summed E-state index contributed by atoms with van der Waals surface area (Å²) in [6.07, 6.45) is -0.452. The van der Waals surface area contributed by atoms with Crippen LogP contribution in [0.15, 0.2) is 53.4 Å². The summed E-state index contributed by atoms with van der Waals surface area (Å²) in [4.78, 5) is 33.6. The number of nitrogens with one attached hydrogen (secondary N) is 1. The molecule has 0 aromatic heterocycles. The molecule has 0 aliphatic carbocycles. The molecule has 0 saturated carbocycles. The number of benzene rings is 2. The number of ether oxygens (including phenoxy) is 2. The van der Waals surface area contributed by atoms with Gasteiger partial charge < -0.3 is 15.2 Å². The number of rotatable bonds is 11. The number of amides is 1. The van der Waals surface area contributed by atoms with Gasteiger partial charge in [0.05, 0.1) is 16.9 Å². The third kappa shape index (κ3) is 7.04. The van der Waals surface area contributed by atoms with Crippen LogP contribution in [0.2, 0.25) is 0 Å². The fourth-order valence-corrected chi connectivity index (χ4v) is 3.71. The van der Waals surface area contributed by atoms with Gasteiger partial charge in [0.1, 0.15) is 18.4 Å². The minimum absolute atomic E-state index is 0.111. The summed E-state index contributed by atoms with van der Waals surface area (Å²) >= 11 is 0. The monoisotopic (exact) mass is 451 g/mol. The van der Waals surface area contributed by atoms with Crippen molar-refractivity contribution in [3.8, 4) is 5.75 Å². The smallest absolute Gasteiger partial charge is 0.324 e. The van der Waals surface area contributed by atoms with Gasteiger partial charge in [0.2, 0.25) is 15.9 Å². The van der Waals surface area contributed by atoms with Gasteiger partial charge in [0.15, 0.2) is 0 Å². The largest absolute Gasteiger partial charge is 0.497 e. The zero-order chi connectivity index (χ0) is 23.0. The third-order valence-electron chi connectivity index (χ3n) is 4.16. The van der Waals surface area contributed by atoms with E-state index in [1.54, 1.807) is 0 Å². The molecule has 0 aliphatic rings. The first-order valence-corrected chi connectivity index (χ1v) is 10.5. The Morgan fingerprint density at radius 2 is 1.74 bits per heavy atom. The Morgan fingerprint density at radius 1 is 1.13 bits per heavy atom. The van der Waals surface area contributed by atoms with Gasteiger partial charge in [-0.25, -0.2) is 8.42 Å². The Labute approximate surface area is 178 Å². The van der Waals surface area contributed by atoms with Crippen molar-refractivity contribution in [1.29, 1.82) is 0 Å². The van der Waals surface area contributed by atoms with Crippen molar-refractivity contribution < 1.29 is 32.4 Å². The highest BCUT2D eigenvalue weighted by Gasteiger charge is 2.27. The molecule has 1 unspecified atom stereocenters. The molecule has 2 aromatic carbocycles. The Morgan fingerprint density at radius 3 is 2.26 bits per heavy atom. The van der Waals surface area contributed by atoms with Crippen LogP contribution < -0.4 is 15.2 Å². The van der Waals surface area contributed by atoms with Crippen LogP contribution in [0.25, 0.3) is 0 Å². The molecule has 0 spiro atoms. The van der Waals surface area contributed by atoms with E-state index >= 15 is 0 Å². The van der Waals surface area contributed by atoms with Crippen LogP contribution in [0.1, 0.15) is 18.4 Å². The zero-order valence-electron chi connectivity index (χ0n) is 16.5. The fraction of sp³-hybridized carbons (Fsp3) is 0.263. The van der Waals surface area contributed by atoms with E-state index in [4.69, 9.17) is 15.2 Å². The number of nitro benzene ring substituents is 1. The highest BCUT2D eigenvalue weighted by Crippen LogP contribution is 2.17. The number of non-ortho nitro benzene ring substituents is 1. The average molecular weight is 451 g/mol. The lowest BCUT2D eigenvalue weighted by Gasteiger charge is -2.17. The molecular weight excluding hydrogens is 430 g/mol. The average Bonchev–Trinajstić information content (AvgIpc) is 2.75. The summed E-state index contributed by atoms with van der Waals surface area (Å²) in [5, 5.41) is 10.7. The minimum atomic E-state index is -4.11. The molecule has 0 bridgehead atoms. The van der Waals surface area contributed by atoms with Crippen LogP contribution >= 0.6 is 0 Å². The number of carbonyl (C=O) groups excluding carboxylic acids is 2. The number of nitrogens with zero attached hydrogens (tertiary/aromatic N) is 1. The molecule has 0 heterocycles. The molecule has 0 saturated heterocycles. The van der Waals surface area contributed by atoms with Gasteiger partial charge in [-0.15, -0.1) is 0 Å². The van der Waals surface area contributed by atoms with Crippen molar-refractivity contribution in [3.05, 3.63) is 64.2 Å². The second kappa shape index (κ2) is 10.5. The predicted molar refractivity (Wildman–Crippen MR) is 108 cm³/mol. The molecule has 0 fully saturated rings. The lowest BCUT2D eigenvalue weighted by molar-refractivity contribution is -0.384. The lowest BCUT2D eigenvalue weighted by atomic mass is 10.1. The summed E-state index contributed by atoms with van der Waals surface area (Å²) in [6.45, 7) is -0.242. The van der Waals surface area contributed by atoms with E-state index in [2.05, 4.69) is 4.72 Å². The first-order chi connectivity index (χ1) is 14.6. The summed E-state index contributed by atoms with van der Waals surface area (Å²) in [7, 11) is -2.68. The first-order valence-electron chi connectivity index (χ1n) is 8.97. The molecule has 31 heavy (non-hydrogen) atoms. The fourth-order valence-electron chi connectivity index (χ4n) is 2.49. The van der Waals surface area contributed by atoms with Crippen molar-refractivity contribution in [2.45, 2.75) is 30.4 Å². The van der Waals surface area contributed by atoms with Gasteiger partial charge in [-0.05, 0) is 48.4 Å². The van der Waals surface area contributed by atoms with Gasteiger partial charge in [-0.2, -0.15) is 4.72 Å². The molecule has 1 amide bonds. The molecule has 1 atom stereocenters. The maximum Gasteiger partial charge on any atom is 0.324 e. The van der Waals surface area contributed by atoms with E-state index in [9.17, 15) is 28.1 Å². The highest BCUT2D eigenvalue weighted by molar-refractivity contribution is 7.89. The predicted octanol–water partition coefficient (Wildman–Crippen LogP) is 1.26. The van der Waals surface area contributed by atoms with Crippen LogP contribution in [0.3, 0.4) is 0 Å². The van der Waals surface area contributed by atoms with E-state index in [1.165, 1.54) is 55.6 Å². The molecule has 0 aliphatic heterocycles. The van der Waals surface area contributed by atoms with Crippen molar-refractivity contribution in [3.63, 3.8) is 0 Å². The molecule has 166 valence electrons. The van der Waals surface area contributed by atoms with Crippen LogP contribution in [0, 0.1) is 10.1 Å². The maximum absolute atomic E-state index is 12.6. The Hall–Kier alpha value is -3.51. The van der Waals surface area contributed by atoms with E-state index in [1.807, 2.05) is 0 Å². The molecule has 2 aromatic rings. The highest BCUT2D eigenvalue weighted by atomic mass is 32.2. The van der Waals surface area contributed by atoms with Crippen LogP contribution in [-0.4, -0.2) is 38.4 Å². The number of nitrogens with two attached hydrogens (primary N) is 1. The van der Waals surface area contributed by atoms with E-state index in [-0.39, 0.29) is 30.0 Å². The lowest BCUT2D eigenvalue weighted by Crippen LogP contribution is -2.42. The number of primary amides is 1. The number of carbonyl (C=O) groups is 2. The van der Waals surface area contributed by atoms with E-state index in [0.29, 0.717) is 11.3 Å². The third-order valence-corrected chi connectivity index (χ3v) is 5.65. The Kier molecular flexibility index (Phi) is 8.05. The number of hydrogen-bond donors (Lipinski definition) is 2. The number of nitro groups is 1. The molecule has 0 radical (unpaired) electrons. The molecule has 11 nitrogen and oxygen atoms in total. The van der Waals surface area contributed by atoms with Gasteiger partial charge in [-0.3, -0.25) is 19.7 Å². The number of sulfonamides is 1.